The van der Waals surface area contributed by atoms with Gasteiger partial charge in [-0.3, -0.25) is 14.3 Å². The molecule has 3 rings (SSSR count). The van der Waals surface area contributed by atoms with Crippen molar-refractivity contribution in [2.24, 2.45) is 7.05 Å². The average Bonchev–Trinajstić information content (AvgIpc) is 3.07. The van der Waals surface area contributed by atoms with Crippen LogP contribution in [-0.2, 0) is 11.8 Å². The molecule has 1 aromatic heterocycles. The van der Waals surface area contributed by atoms with E-state index in [1.54, 1.807) is 49.0 Å². The topological polar surface area (TPSA) is 98.3 Å². The molecule has 0 unspecified atom stereocenters. The molecule has 0 radical (unpaired) electrons. The lowest BCUT2D eigenvalue weighted by atomic mass is 10.1. The van der Waals surface area contributed by atoms with E-state index in [1.165, 1.54) is 10.8 Å². The minimum absolute atomic E-state index is 0.122. The summed E-state index contributed by atoms with van der Waals surface area (Å²) in [5, 5.41) is 12.3. The highest BCUT2D eigenvalue weighted by molar-refractivity contribution is 6.09. The van der Waals surface area contributed by atoms with Gasteiger partial charge in [-0.2, -0.15) is 5.26 Å². The summed E-state index contributed by atoms with van der Waals surface area (Å²) in [4.78, 5) is 26.0. The second kappa shape index (κ2) is 11.7. The molecule has 8 nitrogen and oxygen atoms in total. The number of unbranched alkanes of at least 4 members (excludes halogenated alkanes) is 1. The number of nitrogens with one attached hydrogen (secondary N) is 1. The molecule has 0 aliphatic rings. The van der Waals surface area contributed by atoms with E-state index in [-0.39, 0.29) is 16.8 Å². The number of rotatable bonds is 10. The zero-order valence-corrected chi connectivity index (χ0v) is 20.5. The van der Waals surface area contributed by atoms with Crippen LogP contribution >= 0.6 is 0 Å². The van der Waals surface area contributed by atoms with Gasteiger partial charge in [0.25, 0.3) is 11.5 Å². The number of hydrogen-bond donors (Lipinski definition) is 1. The van der Waals surface area contributed by atoms with Crippen LogP contribution in [0.4, 0.5) is 5.69 Å². The van der Waals surface area contributed by atoms with E-state index >= 15 is 0 Å². The second-order valence-electron chi connectivity index (χ2n) is 7.90. The molecule has 8 heteroatoms. The Labute approximate surface area is 205 Å². The predicted octanol–water partition coefficient (Wildman–Crippen LogP) is 4.61. The van der Waals surface area contributed by atoms with E-state index in [2.05, 4.69) is 12.2 Å². The monoisotopic (exact) mass is 474 g/mol. The second-order valence-corrected chi connectivity index (χ2v) is 7.90. The number of carbonyl (C=O) groups excluding carboxylic acids is 1. The number of para-hydroxylation sites is 1. The third kappa shape index (κ3) is 5.82. The van der Waals surface area contributed by atoms with Gasteiger partial charge in [0.05, 0.1) is 24.6 Å². The highest BCUT2D eigenvalue weighted by atomic mass is 16.5. The van der Waals surface area contributed by atoms with E-state index < -0.39 is 5.91 Å². The summed E-state index contributed by atoms with van der Waals surface area (Å²) in [6, 6.07) is 16.3. The average molecular weight is 475 g/mol. The van der Waals surface area contributed by atoms with E-state index in [1.807, 2.05) is 31.2 Å². The number of aromatic nitrogens is 2. The Hall–Kier alpha value is -4.25. The first kappa shape index (κ1) is 25.4. The lowest BCUT2D eigenvalue weighted by Crippen LogP contribution is -2.23. The maximum absolute atomic E-state index is 13.1. The summed E-state index contributed by atoms with van der Waals surface area (Å²) < 4.78 is 14.6. The van der Waals surface area contributed by atoms with Gasteiger partial charge in [-0.1, -0.05) is 37.6 Å². The van der Waals surface area contributed by atoms with Crippen molar-refractivity contribution in [2.75, 3.05) is 18.5 Å². The summed E-state index contributed by atoms with van der Waals surface area (Å²) in [5.74, 6) is 0.487. The molecule has 3 aromatic rings. The first-order chi connectivity index (χ1) is 16.9. The van der Waals surface area contributed by atoms with Crippen molar-refractivity contribution in [3.63, 3.8) is 0 Å². The number of amides is 1. The summed E-state index contributed by atoms with van der Waals surface area (Å²) in [5.41, 5.74) is 1.45. The molecule has 182 valence electrons. The third-order valence-corrected chi connectivity index (χ3v) is 5.49. The molecule has 35 heavy (non-hydrogen) atoms. The lowest BCUT2D eigenvalue weighted by Gasteiger charge is -2.12. The maximum Gasteiger partial charge on any atom is 0.295 e. The van der Waals surface area contributed by atoms with Crippen molar-refractivity contribution in [3.05, 3.63) is 75.7 Å². The largest absolute Gasteiger partial charge is 0.490 e. The molecule has 2 aromatic carbocycles. The Morgan fingerprint density at radius 3 is 2.51 bits per heavy atom. The predicted molar refractivity (Wildman–Crippen MR) is 136 cm³/mol. The first-order valence-corrected chi connectivity index (χ1v) is 11.6. The third-order valence-electron chi connectivity index (χ3n) is 5.49. The highest BCUT2D eigenvalue weighted by Gasteiger charge is 2.20. The Kier molecular flexibility index (Phi) is 8.52. The zero-order chi connectivity index (χ0) is 25.4. The number of hydrogen-bond acceptors (Lipinski definition) is 5. The van der Waals surface area contributed by atoms with Crippen LogP contribution in [0, 0.1) is 18.3 Å². The molecule has 0 atom stereocenters. The number of carbonyl (C=O) groups is 1. The Morgan fingerprint density at radius 1 is 1.11 bits per heavy atom. The number of ether oxygens (including phenoxy) is 2. The Morgan fingerprint density at radius 2 is 1.86 bits per heavy atom. The molecule has 1 N–H and O–H groups in total. The summed E-state index contributed by atoms with van der Waals surface area (Å²) in [6.07, 6.45) is 3.40. The van der Waals surface area contributed by atoms with Crippen molar-refractivity contribution < 1.29 is 14.3 Å². The van der Waals surface area contributed by atoms with Crippen LogP contribution in [-0.4, -0.2) is 28.5 Å². The van der Waals surface area contributed by atoms with Gasteiger partial charge in [0.15, 0.2) is 11.5 Å². The van der Waals surface area contributed by atoms with Crippen LogP contribution in [0.2, 0.25) is 0 Å². The van der Waals surface area contributed by atoms with Crippen molar-refractivity contribution in [1.82, 2.24) is 9.36 Å². The van der Waals surface area contributed by atoms with E-state index in [9.17, 15) is 14.9 Å². The summed E-state index contributed by atoms with van der Waals surface area (Å²) in [7, 11) is 1.74. The smallest absolute Gasteiger partial charge is 0.295 e. The van der Waals surface area contributed by atoms with Crippen molar-refractivity contribution >= 4 is 17.7 Å². The molecule has 0 saturated carbocycles. The fraction of sp³-hybridized carbons (Fsp3) is 0.296. The Bertz CT molecular complexity index is 1310. The molecule has 0 aliphatic carbocycles. The molecule has 0 spiro atoms. The number of nitriles is 1. The zero-order valence-electron chi connectivity index (χ0n) is 20.5. The van der Waals surface area contributed by atoms with Gasteiger partial charge in [-0.25, -0.2) is 4.68 Å². The molecule has 0 aliphatic heterocycles. The summed E-state index contributed by atoms with van der Waals surface area (Å²) in [6.45, 7) is 6.72. The van der Waals surface area contributed by atoms with Crippen LogP contribution in [0.5, 0.6) is 11.5 Å². The number of nitrogens with zero attached hydrogens (tertiary/aromatic N) is 3. The highest BCUT2D eigenvalue weighted by Crippen LogP contribution is 2.29. The van der Waals surface area contributed by atoms with Crippen LogP contribution in [0.1, 0.15) is 37.9 Å². The van der Waals surface area contributed by atoms with Gasteiger partial charge in [-0.15, -0.1) is 0 Å². The van der Waals surface area contributed by atoms with Gasteiger partial charge < -0.3 is 14.8 Å². The molecular weight excluding hydrogens is 444 g/mol. The minimum atomic E-state index is -0.667. The van der Waals surface area contributed by atoms with E-state index in [0.29, 0.717) is 41.7 Å². The maximum atomic E-state index is 13.1. The molecule has 1 amide bonds. The van der Waals surface area contributed by atoms with Crippen molar-refractivity contribution in [1.29, 1.82) is 5.26 Å². The quantitative estimate of drug-likeness (QED) is 0.263. The van der Waals surface area contributed by atoms with E-state index in [0.717, 1.165) is 12.8 Å². The molecular formula is C27H30N4O4. The molecule has 0 saturated heterocycles. The van der Waals surface area contributed by atoms with Crippen molar-refractivity contribution in [2.45, 2.75) is 33.6 Å². The van der Waals surface area contributed by atoms with Crippen molar-refractivity contribution in [3.8, 4) is 23.3 Å². The fourth-order valence-electron chi connectivity index (χ4n) is 3.54. The van der Waals surface area contributed by atoms with Gasteiger partial charge in [-0.05, 0) is 56.2 Å². The normalized spacial score (nSPS) is 11.1. The number of anilines is 1. The van der Waals surface area contributed by atoms with Gasteiger partial charge >= 0.3 is 0 Å². The number of benzene rings is 2. The van der Waals surface area contributed by atoms with Crippen LogP contribution in [0.15, 0.2) is 58.9 Å². The van der Waals surface area contributed by atoms with Gasteiger partial charge in [0.2, 0.25) is 0 Å². The minimum Gasteiger partial charge on any atom is -0.490 e. The van der Waals surface area contributed by atoms with Gasteiger partial charge in [0, 0.05) is 7.05 Å². The van der Waals surface area contributed by atoms with E-state index in [4.69, 9.17) is 9.47 Å². The van der Waals surface area contributed by atoms with Crippen LogP contribution in [0.3, 0.4) is 0 Å². The summed E-state index contributed by atoms with van der Waals surface area (Å²) >= 11 is 0. The molecule has 0 bridgehead atoms. The molecule has 0 fully saturated rings. The fourth-order valence-corrected chi connectivity index (χ4v) is 3.54. The Balaban J connectivity index is 1.88. The van der Waals surface area contributed by atoms with Crippen LogP contribution < -0.4 is 20.3 Å². The lowest BCUT2D eigenvalue weighted by molar-refractivity contribution is -0.112. The van der Waals surface area contributed by atoms with Gasteiger partial charge in [0.1, 0.15) is 17.3 Å². The standard InChI is InChI=1S/C27H30N4O4/c1-5-7-15-35-23-14-13-20(17-24(23)34-6-2)16-21(18-28)26(32)29-25-19(3)30(4)31(27(25)33)22-11-9-8-10-12-22/h8-14,16-17H,5-7,15H2,1-4H3,(H,29,32)/b21-16-. The SMILES string of the molecule is CCCCOc1ccc(/C=C(/C#N)C(=O)Nc2c(C)n(C)n(-c3ccccc3)c2=O)cc1OCC. The first-order valence-electron chi connectivity index (χ1n) is 11.6. The van der Waals surface area contributed by atoms with Crippen LogP contribution in [0.25, 0.3) is 11.8 Å². The molecule has 1 heterocycles.